The first-order valence-electron chi connectivity index (χ1n) is 7.18. The number of aliphatic hydroxyl groups is 1. The van der Waals surface area contributed by atoms with Crippen LogP contribution in [0.2, 0.25) is 0 Å². The van der Waals surface area contributed by atoms with E-state index in [4.69, 9.17) is 19.3 Å². The minimum absolute atomic E-state index is 0.0192. The molecular weight excluding hydrogens is 286 g/mol. The summed E-state index contributed by atoms with van der Waals surface area (Å²) in [5, 5.41) is 8.78. The van der Waals surface area contributed by atoms with E-state index in [0.717, 1.165) is 5.56 Å². The van der Waals surface area contributed by atoms with Crippen LogP contribution < -0.4 is 9.47 Å². The number of rotatable bonds is 6. The number of aliphatic hydroxyl groups excluding tert-OH is 1. The van der Waals surface area contributed by atoms with Gasteiger partial charge in [-0.15, -0.1) is 0 Å². The summed E-state index contributed by atoms with van der Waals surface area (Å²) in [5.41, 5.74) is 0.887. The smallest absolute Gasteiger partial charge is 0.260 e. The van der Waals surface area contributed by atoms with Gasteiger partial charge in [-0.3, -0.25) is 4.79 Å². The Morgan fingerprint density at radius 2 is 2.14 bits per heavy atom. The minimum Gasteiger partial charge on any atom is -0.493 e. The molecule has 6 nitrogen and oxygen atoms in total. The molecule has 1 aliphatic rings. The molecule has 1 aromatic carbocycles. The lowest BCUT2D eigenvalue weighted by Gasteiger charge is -2.26. The van der Waals surface area contributed by atoms with E-state index < -0.39 is 0 Å². The topological polar surface area (TPSA) is 68.2 Å². The van der Waals surface area contributed by atoms with E-state index in [1.54, 1.807) is 36.3 Å². The molecule has 1 amide bonds. The summed E-state index contributed by atoms with van der Waals surface area (Å²) in [6.45, 7) is 2.30. The molecule has 0 unspecified atom stereocenters. The Bertz CT molecular complexity index is 523. The molecule has 0 spiro atoms. The fourth-order valence-electron chi connectivity index (χ4n) is 2.14. The van der Waals surface area contributed by atoms with Crippen molar-refractivity contribution in [2.45, 2.75) is 0 Å². The summed E-state index contributed by atoms with van der Waals surface area (Å²) >= 11 is 0. The number of morpholine rings is 1. The zero-order valence-corrected chi connectivity index (χ0v) is 12.7. The van der Waals surface area contributed by atoms with E-state index in [1.165, 1.54) is 0 Å². The Hall–Kier alpha value is -2.05. The molecule has 22 heavy (non-hydrogen) atoms. The van der Waals surface area contributed by atoms with E-state index >= 15 is 0 Å². The summed E-state index contributed by atoms with van der Waals surface area (Å²) < 4.78 is 16.1. The lowest BCUT2D eigenvalue weighted by Crippen LogP contribution is -2.43. The first-order chi connectivity index (χ1) is 10.7. The molecule has 1 fully saturated rings. The first-order valence-corrected chi connectivity index (χ1v) is 7.18. The molecule has 0 aliphatic carbocycles. The van der Waals surface area contributed by atoms with Gasteiger partial charge in [0.1, 0.15) is 0 Å². The average molecular weight is 307 g/mol. The highest BCUT2D eigenvalue weighted by Crippen LogP contribution is 2.28. The molecule has 120 valence electrons. The van der Waals surface area contributed by atoms with Crippen molar-refractivity contribution in [3.05, 3.63) is 29.8 Å². The van der Waals surface area contributed by atoms with Crippen LogP contribution >= 0.6 is 0 Å². The number of benzene rings is 1. The van der Waals surface area contributed by atoms with Gasteiger partial charge in [0, 0.05) is 13.1 Å². The molecule has 0 atom stereocenters. The van der Waals surface area contributed by atoms with Crippen molar-refractivity contribution in [2.75, 3.05) is 46.6 Å². The van der Waals surface area contributed by atoms with Crippen molar-refractivity contribution >= 4 is 12.0 Å². The van der Waals surface area contributed by atoms with Gasteiger partial charge in [-0.25, -0.2) is 0 Å². The Morgan fingerprint density at radius 3 is 2.82 bits per heavy atom. The summed E-state index contributed by atoms with van der Waals surface area (Å²) in [4.78, 5) is 13.8. The first kappa shape index (κ1) is 16.3. The molecule has 0 radical (unpaired) electrons. The van der Waals surface area contributed by atoms with Gasteiger partial charge in [-0.05, 0) is 17.7 Å². The standard InChI is InChI=1S/C16H21NO5/c1-20-15-11-13(3-2-8-18)4-5-14(15)22-12-16(19)17-6-9-21-10-7-17/h2-5,11,18H,6-10,12H2,1H3. The Kier molecular flexibility index (Phi) is 6.24. The Morgan fingerprint density at radius 1 is 1.36 bits per heavy atom. The summed E-state index contributed by atoms with van der Waals surface area (Å²) in [5.74, 6) is 1.01. The van der Waals surface area contributed by atoms with Crippen molar-refractivity contribution in [1.82, 2.24) is 4.90 Å². The van der Waals surface area contributed by atoms with Crippen molar-refractivity contribution in [2.24, 2.45) is 0 Å². The molecule has 1 N–H and O–H groups in total. The molecule has 0 bridgehead atoms. The van der Waals surface area contributed by atoms with Crippen LogP contribution in [0.1, 0.15) is 5.56 Å². The highest BCUT2D eigenvalue weighted by atomic mass is 16.5. The van der Waals surface area contributed by atoms with Gasteiger partial charge >= 0.3 is 0 Å². The van der Waals surface area contributed by atoms with Crippen molar-refractivity contribution in [3.8, 4) is 11.5 Å². The van der Waals surface area contributed by atoms with Gasteiger partial charge in [0.15, 0.2) is 18.1 Å². The summed E-state index contributed by atoms with van der Waals surface area (Å²) in [6.07, 6.45) is 3.42. The number of methoxy groups -OCH3 is 1. The SMILES string of the molecule is COc1cc(C=CCO)ccc1OCC(=O)N1CCOCC1. The largest absolute Gasteiger partial charge is 0.493 e. The third kappa shape index (κ3) is 4.47. The fraction of sp³-hybridized carbons (Fsp3) is 0.438. The van der Waals surface area contributed by atoms with Gasteiger partial charge in [0.2, 0.25) is 0 Å². The van der Waals surface area contributed by atoms with Crippen LogP contribution in [-0.4, -0.2) is 62.5 Å². The van der Waals surface area contributed by atoms with Crippen LogP contribution in [0.5, 0.6) is 11.5 Å². The number of carbonyl (C=O) groups is 1. The normalized spacial score (nSPS) is 15.1. The van der Waals surface area contributed by atoms with Crippen LogP contribution in [-0.2, 0) is 9.53 Å². The van der Waals surface area contributed by atoms with E-state index in [0.29, 0.717) is 37.8 Å². The van der Waals surface area contributed by atoms with Crippen LogP contribution in [0, 0.1) is 0 Å². The second kappa shape index (κ2) is 8.41. The maximum absolute atomic E-state index is 12.0. The average Bonchev–Trinajstić information content (AvgIpc) is 2.58. The molecule has 1 saturated heterocycles. The van der Waals surface area contributed by atoms with Crippen LogP contribution in [0.25, 0.3) is 6.08 Å². The zero-order valence-electron chi connectivity index (χ0n) is 12.7. The van der Waals surface area contributed by atoms with Gasteiger partial charge < -0.3 is 24.2 Å². The maximum Gasteiger partial charge on any atom is 0.260 e. The molecule has 6 heteroatoms. The summed E-state index contributed by atoms with van der Waals surface area (Å²) in [6, 6.07) is 5.38. The Balaban J connectivity index is 1.96. The number of carbonyl (C=O) groups excluding carboxylic acids is 1. The van der Waals surface area contributed by atoms with E-state index in [-0.39, 0.29) is 19.1 Å². The van der Waals surface area contributed by atoms with Gasteiger partial charge in [0.25, 0.3) is 5.91 Å². The third-order valence-corrected chi connectivity index (χ3v) is 3.32. The number of hydrogen-bond donors (Lipinski definition) is 1. The highest BCUT2D eigenvalue weighted by molar-refractivity contribution is 5.78. The van der Waals surface area contributed by atoms with Crippen molar-refractivity contribution < 1.29 is 24.1 Å². The Labute approximate surface area is 129 Å². The number of nitrogens with zero attached hydrogens (tertiary/aromatic N) is 1. The number of ether oxygens (including phenoxy) is 3. The zero-order chi connectivity index (χ0) is 15.8. The monoisotopic (exact) mass is 307 g/mol. The quantitative estimate of drug-likeness (QED) is 0.847. The van der Waals surface area contributed by atoms with E-state index in [2.05, 4.69) is 0 Å². The maximum atomic E-state index is 12.0. The molecule has 0 aromatic heterocycles. The van der Waals surface area contributed by atoms with Crippen molar-refractivity contribution in [1.29, 1.82) is 0 Å². The van der Waals surface area contributed by atoms with Gasteiger partial charge in [-0.1, -0.05) is 18.2 Å². The summed E-state index contributed by atoms with van der Waals surface area (Å²) in [7, 11) is 1.55. The number of hydrogen-bond acceptors (Lipinski definition) is 5. The van der Waals surface area contributed by atoms with Crippen LogP contribution in [0.15, 0.2) is 24.3 Å². The molecule has 2 rings (SSSR count). The third-order valence-electron chi connectivity index (χ3n) is 3.32. The number of amides is 1. The van der Waals surface area contributed by atoms with Gasteiger partial charge in [-0.2, -0.15) is 0 Å². The van der Waals surface area contributed by atoms with Crippen LogP contribution in [0.4, 0.5) is 0 Å². The molecular formula is C16H21NO5. The fourth-order valence-corrected chi connectivity index (χ4v) is 2.14. The molecule has 1 aliphatic heterocycles. The van der Waals surface area contributed by atoms with E-state index in [1.807, 2.05) is 6.07 Å². The van der Waals surface area contributed by atoms with Crippen LogP contribution in [0.3, 0.4) is 0 Å². The lowest BCUT2D eigenvalue weighted by molar-refractivity contribution is -0.137. The molecule has 0 saturated carbocycles. The predicted molar refractivity (Wildman–Crippen MR) is 82.0 cm³/mol. The second-order valence-corrected chi connectivity index (χ2v) is 4.78. The highest BCUT2D eigenvalue weighted by Gasteiger charge is 2.17. The predicted octanol–water partition coefficient (Wildman–Crippen LogP) is 0.938. The second-order valence-electron chi connectivity index (χ2n) is 4.78. The molecule has 1 heterocycles. The van der Waals surface area contributed by atoms with Gasteiger partial charge in [0.05, 0.1) is 26.9 Å². The lowest BCUT2D eigenvalue weighted by atomic mass is 10.2. The van der Waals surface area contributed by atoms with Crippen molar-refractivity contribution in [3.63, 3.8) is 0 Å². The van der Waals surface area contributed by atoms with E-state index in [9.17, 15) is 4.79 Å². The molecule has 1 aromatic rings. The minimum atomic E-state index is -0.0606.